The zero-order valence-electron chi connectivity index (χ0n) is 19.4. The van der Waals surface area contributed by atoms with E-state index in [1.807, 2.05) is 23.2 Å². The van der Waals surface area contributed by atoms with E-state index in [0.717, 1.165) is 79.0 Å². The van der Waals surface area contributed by atoms with Crippen molar-refractivity contribution in [3.63, 3.8) is 0 Å². The minimum atomic E-state index is 0.0558. The first-order valence-electron chi connectivity index (χ1n) is 12.1. The number of carbonyl (C=O) groups is 1. The van der Waals surface area contributed by atoms with Gasteiger partial charge in [0.25, 0.3) is 0 Å². The van der Waals surface area contributed by atoms with Crippen molar-refractivity contribution in [2.24, 2.45) is 0 Å². The number of ether oxygens (including phenoxy) is 1. The second-order valence-electron chi connectivity index (χ2n) is 9.32. The zero-order valence-corrected chi connectivity index (χ0v) is 19.4. The van der Waals surface area contributed by atoms with E-state index < -0.39 is 0 Å². The Balaban J connectivity index is 1.49. The van der Waals surface area contributed by atoms with Crippen molar-refractivity contribution in [2.75, 3.05) is 44.3 Å². The molecule has 7 nitrogen and oxygen atoms in total. The van der Waals surface area contributed by atoms with E-state index in [2.05, 4.69) is 22.3 Å². The van der Waals surface area contributed by atoms with Crippen molar-refractivity contribution in [2.45, 2.75) is 45.1 Å². The highest BCUT2D eigenvalue weighted by atomic mass is 16.5. The first kappa shape index (κ1) is 21.9. The summed E-state index contributed by atoms with van der Waals surface area (Å²) in [5.74, 6) is 1.07. The molecule has 2 aromatic rings. The molecule has 3 aliphatic heterocycles. The topological polar surface area (TPSA) is 81.6 Å². The quantitative estimate of drug-likeness (QED) is 0.686. The fraction of sp³-hybridized carbons (Fsp3) is 0.500. The van der Waals surface area contributed by atoms with E-state index in [1.54, 1.807) is 6.92 Å². The Kier molecular flexibility index (Phi) is 6.31. The van der Waals surface area contributed by atoms with Gasteiger partial charge in [-0.25, -0.2) is 4.98 Å². The molecule has 4 heterocycles. The number of hydrogen-bond donors (Lipinski definition) is 2. The van der Waals surface area contributed by atoms with E-state index in [1.165, 1.54) is 12.8 Å². The van der Waals surface area contributed by atoms with Crippen LogP contribution in [0.2, 0.25) is 0 Å². The minimum absolute atomic E-state index is 0.0558. The van der Waals surface area contributed by atoms with Crippen LogP contribution >= 0.6 is 0 Å². The molecule has 0 unspecified atom stereocenters. The lowest BCUT2D eigenvalue weighted by atomic mass is 9.92. The summed E-state index contributed by atoms with van der Waals surface area (Å²) in [4.78, 5) is 21.1. The SMILES string of the molecule is CC(=O)N1CCC(NC2CCOCC2)=C(C(=N)c2cccc3cc(N4CCCC4)ncc23)C1. The Bertz CT molecular complexity index is 1080. The number of hydrogen-bond acceptors (Lipinski definition) is 6. The van der Waals surface area contributed by atoms with Gasteiger partial charge in [-0.1, -0.05) is 18.2 Å². The molecule has 3 aliphatic rings. The van der Waals surface area contributed by atoms with Crippen LogP contribution in [-0.2, 0) is 9.53 Å². The molecule has 7 heteroatoms. The summed E-state index contributed by atoms with van der Waals surface area (Å²) in [6.45, 7) is 6.42. The summed E-state index contributed by atoms with van der Waals surface area (Å²) in [6.07, 6.45) is 7.04. The molecule has 2 N–H and O–H groups in total. The van der Waals surface area contributed by atoms with Crippen molar-refractivity contribution in [1.29, 1.82) is 5.41 Å². The summed E-state index contributed by atoms with van der Waals surface area (Å²) in [5, 5.41) is 15.0. The molecule has 0 spiro atoms. The van der Waals surface area contributed by atoms with E-state index in [-0.39, 0.29) is 5.91 Å². The molecule has 1 aromatic carbocycles. The maximum atomic E-state index is 12.2. The standard InChI is InChI=1S/C26H33N5O2/c1-18(32)31-12-7-24(29-20-8-13-33-14-9-20)23(17-31)26(27)21-6-4-5-19-15-25(28-16-22(19)21)30-10-2-3-11-30/h4-6,15-16,20,27,29H,2-3,7-14,17H2,1H3. The lowest BCUT2D eigenvalue weighted by Crippen LogP contribution is -2.43. The number of rotatable bonds is 5. The van der Waals surface area contributed by atoms with Gasteiger partial charge in [0.1, 0.15) is 5.82 Å². The summed E-state index contributed by atoms with van der Waals surface area (Å²) >= 11 is 0. The average Bonchev–Trinajstić information content (AvgIpc) is 3.39. The van der Waals surface area contributed by atoms with Crippen molar-refractivity contribution in [3.8, 4) is 0 Å². The normalized spacial score (nSPS) is 19.9. The number of fused-ring (bicyclic) bond motifs is 1. The lowest BCUT2D eigenvalue weighted by molar-refractivity contribution is -0.128. The third-order valence-electron chi connectivity index (χ3n) is 7.14. The predicted molar refractivity (Wildman–Crippen MR) is 131 cm³/mol. The molecule has 5 rings (SSSR count). The number of aromatic nitrogens is 1. The molecular weight excluding hydrogens is 414 g/mol. The van der Waals surface area contributed by atoms with Gasteiger partial charge in [0.05, 0.1) is 5.71 Å². The minimum Gasteiger partial charge on any atom is -0.385 e. The maximum Gasteiger partial charge on any atom is 0.219 e. The average molecular weight is 448 g/mol. The predicted octanol–water partition coefficient (Wildman–Crippen LogP) is 3.48. The van der Waals surface area contributed by atoms with Gasteiger partial charge in [-0.3, -0.25) is 10.2 Å². The third-order valence-corrected chi connectivity index (χ3v) is 7.14. The van der Waals surface area contributed by atoms with Crippen LogP contribution in [0.1, 0.15) is 44.6 Å². The number of anilines is 1. The summed E-state index contributed by atoms with van der Waals surface area (Å²) in [7, 11) is 0. The maximum absolute atomic E-state index is 12.2. The highest BCUT2D eigenvalue weighted by Gasteiger charge is 2.27. The molecule has 2 saturated heterocycles. The molecule has 0 atom stereocenters. The Morgan fingerprint density at radius 1 is 1.18 bits per heavy atom. The molecule has 174 valence electrons. The van der Waals surface area contributed by atoms with Gasteiger partial charge in [-0.15, -0.1) is 0 Å². The molecule has 33 heavy (non-hydrogen) atoms. The Morgan fingerprint density at radius 3 is 2.73 bits per heavy atom. The van der Waals surface area contributed by atoms with Gasteiger partial charge >= 0.3 is 0 Å². The zero-order chi connectivity index (χ0) is 22.8. The van der Waals surface area contributed by atoms with Gasteiger partial charge in [-0.2, -0.15) is 0 Å². The fourth-order valence-corrected chi connectivity index (χ4v) is 5.17. The number of carbonyl (C=O) groups excluding carboxylic acids is 1. The van der Waals surface area contributed by atoms with Crippen LogP contribution in [0, 0.1) is 5.41 Å². The Morgan fingerprint density at radius 2 is 1.97 bits per heavy atom. The van der Waals surface area contributed by atoms with Crippen molar-refractivity contribution >= 4 is 28.2 Å². The van der Waals surface area contributed by atoms with E-state index in [4.69, 9.17) is 9.72 Å². The van der Waals surface area contributed by atoms with Crippen molar-refractivity contribution in [1.82, 2.24) is 15.2 Å². The monoisotopic (exact) mass is 447 g/mol. The van der Waals surface area contributed by atoms with Gasteiger partial charge in [0.2, 0.25) is 5.91 Å². The molecule has 0 saturated carbocycles. The fourth-order valence-electron chi connectivity index (χ4n) is 5.17. The molecule has 0 aliphatic carbocycles. The second-order valence-corrected chi connectivity index (χ2v) is 9.32. The van der Waals surface area contributed by atoms with E-state index in [9.17, 15) is 10.2 Å². The number of nitrogens with zero attached hydrogens (tertiary/aromatic N) is 3. The first-order chi connectivity index (χ1) is 16.1. The van der Waals surface area contributed by atoms with Crippen molar-refractivity contribution < 1.29 is 9.53 Å². The van der Waals surface area contributed by atoms with Crippen LogP contribution in [0.3, 0.4) is 0 Å². The summed E-state index contributed by atoms with van der Waals surface area (Å²) in [5.41, 5.74) is 3.37. The number of benzene rings is 1. The van der Waals surface area contributed by atoms with Crippen LogP contribution in [-0.4, -0.2) is 66.9 Å². The number of nitrogens with one attached hydrogen (secondary N) is 2. The van der Waals surface area contributed by atoms with Gasteiger partial charge < -0.3 is 19.9 Å². The largest absolute Gasteiger partial charge is 0.385 e. The van der Waals surface area contributed by atoms with Crippen molar-refractivity contribution in [3.05, 3.63) is 47.3 Å². The van der Waals surface area contributed by atoms with Gasteiger partial charge in [0, 0.05) is 87.2 Å². The van der Waals surface area contributed by atoms with Gasteiger partial charge in [0.15, 0.2) is 0 Å². The van der Waals surface area contributed by atoms with Crippen LogP contribution in [0.4, 0.5) is 5.82 Å². The molecule has 0 radical (unpaired) electrons. The third kappa shape index (κ3) is 4.60. The number of pyridine rings is 1. The number of amides is 1. The molecule has 2 fully saturated rings. The highest BCUT2D eigenvalue weighted by molar-refractivity contribution is 6.18. The summed E-state index contributed by atoms with van der Waals surface area (Å²) < 4.78 is 5.51. The molecule has 1 aromatic heterocycles. The summed E-state index contributed by atoms with van der Waals surface area (Å²) in [6, 6.07) is 8.64. The van der Waals surface area contributed by atoms with Crippen LogP contribution in [0.25, 0.3) is 10.8 Å². The molecule has 1 amide bonds. The van der Waals surface area contributed by atoms with E-state index >= 15 is 0 Å². The lowest BCUT2D eigenvalue weighted by Gasteiger charge is -2.34. The molecule has 0 bridgehead atoms. The first-order valence-corrected chi connectivity index (χ1v) is 12.1. The highest BCUT2D eigenvalue weighted by Crippen LogP contribution is 2.28. The smallest absolute Gasteiger partial charge is 0.219 e. The van der Waals surface area contributed by atoms with E-state index in [0.29, 0.717) is 24.8 Å². The van der Waals surface area contributed by atoms with Crippen LogP contribution < -0.4 is 10.2 Å². The van der Waals surface area contributed by atoms with Crippen LogP contribution in [0.15, 0.2) is 41.7 Å². The Hall–Kier alpha value is -2.93. The second kappa shape index (κ2) is 9.51. The van der Waals surface area contributed by atoms with Gasteiger partial charge in [-0.05, 0) is 37.1 Å². The van der Waals surface area contributed by atoms with Crippen LogP contribution in [0.5, 0.6) is 0 Å². The Labute approximate surface area is 195 Å². The molecular formula is C26H33N5O2.